The summed E-state index contributed by atoms with van der Waals surface area (Å²) >= 11 is 4.74. The summed E-state index contributed by atoms with van der Waals surface area (Å²) in [5, 5.41) is 19.4. The Morgan fingerprint density at radius 1 is 0.660 bits per heavy atom. The molecule has 0 spiro atoms. The molecule has 10 rings (SSSR count). The summed E-state index contributed by atoms with van der Waals surface area (Å²) in [6.45, 7) is 0. The second kappa shape index (κ2) is 10.5. The normalized spacial score (nSPS) is 12.9. The van der Waals surface area contributed by atoms with Crippen molar-refractivity contribution >= 4 is 65.7 Å². The molecule has 47 heavy (non-hydrogen) atoms. The first-order valence-electron chi connectivity index (χ1n) is 14.8. The van der Waals surface area contributed by atoms with Gasteiger partial charge in [0.05, 0.1) is 20.4 Å². The highest BCUT2D eigenvalue weighted by Crippen LogP contribution is 2.54. The number of para-hydroxylation sites is 3. The Hall–Kier alpha value is -5.49. The van der Waals surface area contributed by atoms with Crippen molar-refractivity contribution < 1.29 is 9.47 Å². The van der Waals surface area contributed by atoms with Gasteiger partial charge < -0.3 is 9.47 Å². The molecule has 1 aliphatic heterocycles. The zero-order valence-corrected chi connectivity index (χ0v) is 26.7. The van der Waals surface area contributed by atoms with E-state index in [1.165, 1.54) is 11.5 Å². The molecule has 1 N–H and O–H groups in total. The molecule has 5 aromatic carbocycles. The number of hydrogen-bond acceptors (Lipinski definition) is 10. The third kappa shape index (κ3) is 4.21. The van der Waals surface area contributed by atoms with E-state index < -0.39 is 6.29 Å². The van der Waals surface area contributed by atoms with Gasteiger partial charge in [0.15, 0.2) is 11.5 Å². The fourth-order valence-corrected chi connectivity index (χ4v) is 8.74. The molecule has 0 atom stereocenters. The molecule has 0 radical (unpaired) electrons. The SMILES string of the molecule is c1csc(-c2cc(C3Oc4ccccc4O3)c(-c3cccc4[nH]nnc34)c(-c3nc4ccccc4s3)c2-c2cccc3snnc23)c1. The summed E-state index contributed by atoms with van der Waals surface area (Å²) in [5.74, 6) is 1.40. The van der Waals surface area contributed by atoms with Crippen LogP contribution in [0.15, 0.2) is 109 Å². The summed E-state index contributed by atoms with van der Waals surface area (Å²) in [6, 6.07) is 34.8. The number of nitrogens with zero attached hydrogens (tertiary/aromatic N) is 5. The predicted molar refractivity (Wildman–Crippen MR) is 188 cm³/mol. The molecule has 0 bridgehead atoms. The van der Waals surface area contributed by atoms with E-state index in [1.807, 2.05) is 42.5 Å². The van der Waals surface area contributed by atoms with Crippen molar-refractivity contribution in [2.75, 3.05) is 0 Å². The summed E-state index contributed by atoms with van der Waals surface area (Å²) in [5.41, 5.74) is 9.99. The molecule has 4 aromatic heterocycles. The van der Waals surface area contributed by atoms with Gasteiger partial charge in [-0.1, -0.05) is 64.3 Å². The summed E-state index contributed by atoms with van der Waals surface area (Å²) < 4.78 is 19.6. The van der Waals surface area contributed by atoms with E-state index >= 15 is 0 Å². The van der Waals surface area contributed by atoms with Crippen LogP contribution in [0.2, 0.25) is 0 Å². The Morgan fingerprint density at radius 2 is 1.45 bits per heavy atom. The average Bonchev–Trinajstić information content (AvgIpc) is 3.95. The second-order valence-corrected chi connectivity index (χ2v) is 13.8. The topological polar surface area (TPSA) is 98.7 Å². The van der Waals surface area contributed by atoms with Crippen molar-refractivity contribution in [2.45, 2.75) is 6.29 Å². The summed E-state index contributed by atoms with van der Waals surface area (Å²) in [4.78, 5) is 6.39. The Balaban J connectivity index is 1.41. The molecule has 224 valence electrons. The molecule has 11 heteroatoms. The van der Waals surface area contributed by atoms with Gasteiger partial charge in [-0.05, 0) is 65.4 Å². The van der Waals surface area contributed by atoms with Gasteiger partial charge in [0, 0.05) is 43.8 Å². The van der Waals surface area contributed by atoms with Crippen molar-refractivity contribution in [1.29, 1.82) is 0 Å². The lowest BCUT2D eigenvalue weighted by molar-refractivity contribution is 0.0493. The first-order chi connectivity index (χ1) is 23.3. The first kappa shape index (κ1) is 26.7. The van der Waals surface area contributed by atoms with E-state index in [2.05, 4.69) is 91.0 Å². The number of fused-ring (bicyclic) bond motifs is 4. The average molecular weight is 665 g/mol. The smallest absolute Gasteiger partial charge is 0.268 e. The maximum absolute atomic E-state index is 6.57. The van der Waals surface area contributed by atoms with Crippen molar-refractivity contribution in [2.24, 2.45) is 0 Å². The van der Waals surface area contributed by atoms with Crippen molar-refractivity contribution in [3.05, 3.63) is 114 Å². The van der Waals surface area contributed by atoms with Gasteiger partial charge in [0.1, 0.15) is 16.0 Å². The minimum absolute atomic E-state index is 0.699. The Morgan fingerprint density at radius 3 is 2.28 bits per heavy atom. The summed E-state index contributed by atoms with van der Waals surface area (Å²) in [7, 11) is 0. The number of aromatic nitrogens is 6. The first-order valence-corrected chi connectivity index (χ1v) is 17.3. The minimum atomic E-state index is -0.720. The molecule has 0 unspecified atom stereocenters. The van der Waals surface area contributed by atoms with Crippen LogP contribution in [0.5, 0.6) is 11.5 Å². The van der Waals surface area contributed by atoms with E-state index in [4.69, 9.17) is 14.5 Å². The van der Waals surface area contributed by atoms with E-state index in [-0.39, 0.29) is 0 Å². The number of aromatic amines is 1. The van der Waals surface area contributed by atoms with Crippen molar-refractivity contribution in [3.8, 4) is 54.8 Å². The number of thiophene rings is 1. The highest BCUT2D eigenvalue weighted by molar-refractivity contribution is 7.21. The summed E-state index contributed by atoms with van der Waals surface area (Å²) in [6.07, 6.45) is -0.720. The van der Waals surface area contributed by atoms with Crippen LogP contribution in [0.1, 0.15) is 11.9 Å². The number of rotatable bonds is 5. The van der Waals surface area contributed by atoms with Gasteiger partial charge in [0.25, 0.3) is 6.29 Å². The van der Waals surface area contributed by atoms with Gasteiger partial charge in [-0.2, -0.15) is 0 Å². The standard InChI is InChI=1S/C36H20N6O2S3/c1-4-14-28-23(10-1)37-35(46-28)32-30(20-9-6-15-29-34(20)40-42-47-29)21(27-16-7-17-45-27)18-22(36-43-25-12-2-3-13-26(25)44-36)31(32)19-8-5-11-24-33(19)39-41-38-24/h1-18,36H,(H,38,39,41). The van der Waals surface area contributed by atoms with Crippen LogP contribution < -0.4 is 9.47 Å². The largest absolute Gasteiger partial charge is 0.447 e. The van der Waals surface area contributed by atoms with Crippen LogP contribution >= 0.6 is 34.2 Å². The number of nitrogens with one attached hydrogen (secondary N) is 1. The molecule has 1 aliphatic rings. The van der Waals surface area contributed by atoms with Crippen LogP contribution in [0, 0.1) is 0 Å². The number of H-pyrrole nitrogens is 1. The molecule has 0 aliphatic carbocycles. The van der Waals surface area contributed by atoms with Crippen molar-refractivity contribution in [1.82, 2.24) is 30.0 Å². The minimum Gasteiger partial charge on any atom is -0.447 e. The van der Waals surface area contributed by atoms with Crippen LogP contribution in [-0.2, 0) is 0 Å². The molecule has 0 saturated heterocycles. The van der Waals surface area contributed by atoms with Crippen molar-refractivity contribution in [3.63, 3.8) is 0 Å². The zero-order chi connectivity index (χ0) is 30.9. The Labute approximate surface area is 279 Å². The maximum atomic E-state index is 6.57. The highest BCUT2D eigenvalue weighted by atomic mass is 32.1. The number of thiazole rings is 1. The van der Waals surface area contributed by atoms with Crippen LogP contribution in [-0.4, -0.2) is 30.0 Å². The molecular weight excluding hydrogens is 645 g/mol. The van der Waals surface area contributed by atoms with Crippen LogP contribution in [0.4, 0.5) is 0 Å². The molecule has 0 saturated carbocycles. The molecular formula is C36H20N6O2S3. The van der Waals surface area contributed by atoms with E-state index in [9.17, 15) is 0 Å². The molecule has 5 heterocycles. The third-order valence-corrected chi connectivity index (χ3v) is 11.0. The zero-order valence-electron chi connectivity index (χ0n) is 24.2. The monoisotopic (exact) mass is 664 g/mol. The van der Waals surface area contributed by atoms with Gasteiger partial charge in [-0.15, -0.1) is 32.9 Å². The molecule has 0 amide bonds. The molecule has 8 nitrogen and oxygen atoms in total. The fraction of sp³-hybridized carbons (Fsp3) is 0.0278. The lowest BCUT2D eigenvalue weighted by atomic mass is 9.83. The van der Waals surface area contributed by atoms with E-state index in [1.54, 1.807) is 22.7 Å². The number of ether oxygens (including phenoxy) is 2. The Bertz CT molecular complexity index is 2570. The Kier molecular flexibility index (Phi) is 5.98. The number of benzene rings is 5. The molecule has 9 aromatic rings. The van der Waals surface area contributed by atoms with Gasteiger partial charge in [-0.25, -0.2) is 4.98 Å². The van der Waals surface area contributed by atoms with Crippen LogP contribution in [0.25, 0.3) is 74.7 Å². The third-order valence-electron chi connectivity index (χ3n) is 8.40. The second-order valence-electron chi connectivity index (χ2n) is 11.1. The van der Waals surface area contributed by atoms with Gasteiger partial charge in [0.2, 0.25) is 0 Å². The predicted octanol–water partition coefficient (Wildman–Crippen LogP) is 9.77. The van der Waals surface area contributed by atoms with Gasteiger partial charge >= 0.3 is 0 Å². The molecule has 0 fully saturated rings. The van der Waals surface area contributed by atoms with Crippen LogP contribution in [0.3, 0.4) is 0 Å². The highest BCUT2D eigenvalue weighted by Gasteiger charge is 2.34. The van der Waals surface area contributed by atoms with E-state index in [0.717, 1.165) is 80.3 Å². The maximum Gasteiger partial charge on any atom is 0.268 e. The quantitative estimate of drug-likeness (QED) is 0.196. The fourth-order valence-electron chi connectivity index (χ4n) is 6.38. The lowest BCUT2D eigenvalue weighted by Gasteiger charge is -2.24. The van der Waals surface area contributed by atoms with Gasteiger partial charge in [-0.3, -0.25) is 5.10 Å². The van der Waals surface area contributed by atoms with E-state index in [0.29, 0.717) is 11.5 Å². The number of hydrogen-bond donors (Lipinski definition) is 1. The lowest BCUT2D eigenvalue weighted by Crippen LogP contribution is -2.12.